The van der Waals surface area contributed by atoms with Crippen LogP contribution in [0.4, 0.5) is 9.18 Å². The van der Waals surface area contributed by atoms with Crippen LogP contribution in [0.2, 0.25) is 0 Å². The maximum Gasteiger partial charge on any atom is 0.314 e. The van der Waals surface area contributed by atoms with E-state index >= 15 is 0 Å². The third-order valence-electron chi connectivity index (χ3n) is 2.82. The Balaban J connectivity index is 2.19. The second kappa shape index (κ2) is 4.45. The number of nitrogens with zero attached hydrogens (tertiary/aromatic N) is 1. The third kappa shape index (κ3) is 2.38. The Morgan fingerprint density at radius 2 is 2.29 bits per heavy atom. The van der Waals surface area contributed by atoms with Crippen molar-refractivity contribution in [2.24, 2.45) is 5.73 Å². The minimum absolute atomic E-state index is 0.262. The van der Waals surface area contributed by atoms with Gasteiger partial charge in [-0.05, 0) is 30.2 Å². The Bertz CT molecular complexity index is 550. The van der Waals surface area contributed by atoms with Crippen LogP contribution in [0.15, 0.2) is 24.4 Å². The number of benzene rings is 1. The first-order chi connectivity index (χ1) is 8.08. The van der Waals surface area contributed by atoms with E-state index in [2.05, 4.69) is 4.98 Å². The maximum absolute atomic E-state index is 13.1. The number of fused-ring (bicyclic) bond motifs is 1. The Labute approximate surface area is 98.2 Å². The number of nitrogens with one attached hydrogen (secondary N) is 1. The number of aromatic nitrogens is 1. The number of H-pyrrole nitrogens is 1. The molecule has 0 aliphatic rings. The normalized spacial score (nSPS) is 10.7. The Kier molecular flexibility index (Phi) is 2.99. The van der Waals surface area contributed by atoms with Gasteiger partial charge >= 0.3 is 6.03 Å². The summed E-state index contributed by atoms with van der Waals surface area (Å²) >= 11 is 0. The van der Waals surface area contributed by atoms with Crippen molar-refractivity contribution < 1.29 is 9.18 Å². The molecule has 90 valence electrons. The van der Waals surface area contributed by atoms with Gasteiger partial charge in [0.05, 0.1) is 0 Å². The number of hydrogen-bond acceptors (Lipinski definition) is 1. The van der Waals surface area contributed by atoms with E-state index in [0.29, 0.717) is 13.0 Å². The zero-order valence-electron chi connectivity index (χ0n) is 9.53. The fourth-order valence-electron chi connectivity index (χ4n) is 1.76. The van der Waals surface area contributed by atoms with E-state index in [-0.39, 0.29) is 5.82 Å². The predicted octanol–water partition coefficient (Wildman–Crippen LogP) is 1.86. The Morgan fingerprint density at radius 1 is 1.53 bits per heavy atom. The highest BCUT2D eigenvalue weighted by Crippen LogP contribution is 2.19. The molecule has 5 heteroatoms. The number of nitrogens with two attached hydrogens (primary N) is 1. The first kappa shape index (κ1) is 11.4. The molecule has 0 unspecified atom stereocenters. The molecular formula is C12H14FN3O. The first-order valence-electron chi connectivity index (χ1n) is 5.34. The molecule has 0 bridgehead atoms. The number of halogens is 1. The van der Waals surface area contributed by atoms with E-state index in [0.717, 1.165) is 16.5 Å². The molecule has 2 amide bonds. The van der Waals surface area contributed by atoms with E-state index in [1.54, 1.807) is 13.1 Å². The van der Waals surface area contributed by atoms with Gasteiger partial charge < -0.3 is 15.6 Å². The van der Waals surface area contributed by atoms with E-state index < -0.39 is 6.03 Å². The summed E-state index contributed by atoms with van der Waals surface area (Å²) in [5.41, 5.74) is 7.00. The lowest BCUT2D eigenvalue weighted by atomic mass is 10.1. The van der Waals surface area contributed by atoms with Crippen molar-refractivity contribution in [1.82, 2.24) is 9.88 Å². The molecule has 2 aromatic rings. The summed E-state index contributed by atoms with van der Waals surface area (Å²) in [6, 6.07) is 4.14. The van der Waals surface area contributed by atoms with Gasteiger partial charge in [-0.3, -0.25) is 0 Å². The van der Waals surface area contributed by atoms with Crippen LogP contribution in [0.25, 0.3) is 10.9 Å². The number of urea groups is 1. The lowest BCUT2D eigenvalue weighted by Crippen LogP contribution is -2.33. The zero-order valence-corrected chi connectivity index (χ0v) is 9.53. The van der Waals surface area contributed by atoms with Crippen LogP contribution >= 0.6 is 0 Å². The highest BCUT2D eigenvalue weighted by Gasteiger charge is 2.07. The van der Waals surface area contributed by atoms with Crippen molar-refractivity contribution >= 4 is 16.9 Å². The van der Waals surface area contributed by atoms with Gasteiger partial charge in [-0.15, -0.1) is 0 Å². The number of likely N-dealkylation sites (N-methyl/N-ethyl adjacent to an activating group) is 1. The quantitative estimate of drug-likeness (QED) is 0.838. The number of primary amides is 1. The number of rotatable bonds is 3. The Hall–Kier alpha value is -2.04. The summed E-state index contributed by atoms with van der Waals surface area (Å²) < 4.78 is 13.1. The number of amides is 2. The molecule has 3 N–H and O–H groups in total. The summed E-state index contributed by atoms with van der Waals surface area (Å²) in [4.78, 5) is 15.4. The third-order valence-corrected chi connectivity index (χ3v) is 2.82. The van der Waals surface area contributed by atoms with Gasteiger partial charge in [-0.1, -0.05) is 0 Å². The number of carbonyl (C=O) groups excluding carboxylic acids is 1. The maximum atomic E-state index is 13.1. The van der Waals surface area contributed by atoms with Crippen LogP contribution in [0.1, 0.15) is 5.56 Å². The van der Waals surface area contributed by atoms with Gasteiger partial charge in [0.1, 0.15) is 5.82 Å². The molecule has 0 saturated carbocycles. The molecule has 17 heavy (non-hydrogen) atoms. The molecule has 0 radical (unpaired) electrons. The highest BCUT2D eigenvalue weighted by atomic mass is 19.1. The second-order valence-electron chi connectivity index (χ2n) is 4.01. The molecule has 0 aliphatic carbocycles. The largest absolute Gasteiger partial charge is 0.361 e. The average molecular weight is 235 g/mol. The topological polar surface area (TPSA) is 62.1 Å². The second-order valence-corrected chi connectivity index (χ2v) is 4.01. The number of aromatic amines is 1. The van der Waals surface area contributed by atoms with E-state index in [1.807, 2.05) is 6.20 Å². The zero-order chi connectivity index (χ0) is 12.4. The van der Waals surface area contributed by atoms with Gasteiger partial charge in [0.15, 0.2) is 0 Å². The molecule has 4 nitrogen and oxygen atoms in total. The van der Waals surface area contributed by atoms with Gasteiger partial charge in [-0.25, -0.2) is 9.18 Å². The summed E-state index contributed by atoms with van der Waals surface area (Å²) in [5, 5.41) is 0.850. The van der Waals surface area contributed by atoms with Crippen LogP contribution in [-0.2, 0) is 6.42 Å². The number of carbonyl (C=O) groups is 1. The van der Waals surface area contributed by atoms with Gasteiger partial charge in [0.25, 0.3) is 0 Å². The predicted molar refractivity (Wildman–Crippen MR) is 64.2 cm³/mol. The fourth-order valence-corrected chi connectivity index (χ4v) is 1.76. The van der Waals surface area contributed by atoms with E-state index in [4.69, 9.17) is 5.73 Å². The van der Waals surface area contributed by atoms with Gasteiger partial charge in [0.2, 0.25) is 0 Å². The van der Waals surface area contributed by atoms with Gasteiger partial charge in [-0.2, -0.15) is 0 Å². The molecule has 0 atom stereocenters. The van der Waals surface area contributed by atoms with Crippen molar-refractivity contribution in [2.75, 3.05) is 13.6 Å². The first-order valence-corrected chi connectivity index (χ1v) is 5.34. The summed E-state index contributed by atoms with van der Waals surface area (Å²) in [5.74, 6) is -0.262. The van der Waals surface area contributed by atoms with E-state index in [9.17, 15) is 9.18 Å². The van der Waals surface area contributed by atoms with Crippen molar-refractivity contribution in [1.29, 1.82) is 0 Å². The minimum atomic E-state index is -0.462. The molecule has 0 spiro atoms. The van der Waals surface area contributed by atoms with Crippen molar-refractivity contribution in [2.45, 2.75) is 6.42 Å². The summed E-state index contributed by atoms with van der Waals surface area (Å²) in [6.45, 7) is 0.513. The summed E-state index contributed by atoms with van der Waals surface area (Å²) in [6.07, 6.45) is 2.47. The number of hydrogen-bond donors (Lipinski definition) is 2. The molecule has 0 saturated heterocycles. The minimum Gasteiger partial charge on any atom is -0.361 e. The lowest BCUT2D eigenvalue weighted by molar-refractivity contribution is 0.219. The SMILES string of the molecule is CN(CCc1c[nH]c2ccc(F)cc12)C(N)=O. The highest BCUT2D eigenvalue weighted by molar-refractivity contribution is 5.83. The van der Waals surface area contributed by atoms with Crippen LogP contribution in [0, 0.1) is 5.82 Å². The van der Waals surface area contributed by atoms with Crippen LogP contribution in [-0.4, -0.2) is 29.5 Å². The van der Waals surface area contributed by atoms with Crippen LogP contribution < -0.4 is 5.73 Å². The summed E-state index contributed by atoms with van der Waals surface area (Å²) in [7, 11) is 1.64. The van der Waals surface area contributed by atoms with Crippen LogP contribution in [0.3, 0.4) is 0 Å². The molecular weight excluding hydrogens is 221 g/mol. The van der Waals surface area contributed by atoms with E-state index in [1.165, 1.54) is 17.0 Å². The molecule has 0 fully saturated rings. The molecule has 1 aromatic carbocycles. The fraction of sp³-hybridized carbons (Fsp3) is 0.250. The van der Waals surface area contributed by atoms with Crippen molar-refractivity contribution in [3.8, 4) is 0 Å². The standard InChI is InChI=1S/C12H14FN3O/c1-16(12(14)17)5-4-8-7-15-11-3-2-9(13)6-10(8)11/h2-3,6-7,15H,4-5H2,1H3,(H2,14,17). The Morgan fingerprint density at radius 3 is 3.00 bits per heavy atom. The van der Waals surface area contributed by atoms with Crippen LogP contribution in [0.5, 0.6) is 0 Å². The molecule has 1 heterocycles. The average Bonchev–Trinajstić information content (AvgIpc) is 2.68. The molecule has 0 aliphatic heterocycles. The smallest absolute Gasteiger partial charge is 0.314 e. The van der Waals surface area contributed by atoms with Crippen molar-refractivity contribution in [3.05, 3.63) is 35.8 Å². The van der Waals surface area contributed by atoms with Gasteiger partial charge in [0, 0.05) is 30.7 Å². The lowest BCUT2D eigenvalue weighted by Gasteiger charge is -2.13. The molecule has 1 aromatic heterocycles. The molecule has 2 rings (SSSR count). The van der Waals surface area contributed by atoms with Crippen molar-refractivity contribution in [3.63, 3.8) is 0 Å². The monoisotopic (exact) mass is 235 g/mol.